The molecule has 1 saturated heterocycles. The fourth-order valence-electron chi connectivity index (χ4n) is 4.45. The van der Waals surface area contributed by atoms with Gasteiger partial charge in [0.1, 0.15) is 11.4 Å². The lowest BCUT2D eigenvalue weighted by Gasteiger charge is -2.65. The highest BCUT2D eigenvalue weighted by atomic mass is 35.5. The highest BCUT2D eigenvalue weighted by molar-refractivity contribution is 5.89. The summed E-state index contributed by atoms with van der Waals surface area (Å²) in [7, 11) is 0. The van der Waals surface area contributed by atoms with E-state index < -0.39 is 11.0 Å². The number of carbonyl (C=O) groups excluding carboxylic acids is 1. The molecule has 2 aliphatic rings. The maximum absolute atomic E-state index is 13.4. The largest absolute Gasteiger partial charge is 0.377 e. The molecule has 3 atom stereocenters. The summed E-state index contributed by atoms with van der Waals surface area (Å²) in [6, 6.07) is 6.38. The zero-order valence-electron chi connectivity index (χ0n) is 15.1. The van der Waals surface area contributed by atoms with Gasteiger partial charge in [-0.25, -0.2) is 4.39 Å². The molecule has 3 rings (SSSR count). The Balaban J connectivity index is 0.00000225. The van der Waals surface area contributed by atoms with Crippen molar-refractivity contribution in [3.8, 4) is 0 Å². The zero-order valence-corrected chi connectivity index (χ0v) is 15.9. The first-order chi connectivity index (χ1) is 11.3. The van der Waals surface area contributed by atoms with E-state index in [4.69, 9.17) is 10.5 Å². The zero-order chi connectivity index (χ0) is 17.5. The molecule has 2 N–H and O–H groups in total. The number of likely N-dealkylation sites (N-methyl/N-ethyl adjacent to an activating group) is 1. The highest BCUT2D eigenvalue weighted by Crippen LogP contribution is 2.58. The van der Waals surface area contributed by atoms with Gasteiger partial charge in [-0.15, -0.1) is 12.4 Å². The van der Waals surface area contributed by atoms with Crippen LogP contribution in [0.4, 0.5) is 4.39 Å². The summed E-state index contributed by atoms with van der Waals surface area (Å²) in [6.45, 7) is 7.64. The third-order valence-electron chi connectivity index (χ3n) is 5.97. The second kappa shape index (κ2) is 7.22. The maximum Gasteiger partial charge on any atom is 0.243 e. The van der Waals surface area contributed by atoms with Crippen LogP contribution in [0.1, 0.15) is 39.2 Å². The van der Waals surface area contributed by atoms with Crippen molar-refractivity contribution in [1.82, 2.24) is 4.90 Å². The number of carbonyl (C=O) groups is 1. The van der Waals surface area contributed by atoms with Crippen molar-refractivity contribution >= 4 is 18.3 Å². The summed E-state index contributed by atoms with van der Waals surface area (Å²) in [6.07, 6.45) is 1.92. The van der Waals surface area contributed by atoms with Gasteiger partial charge in [-0.05, 0) is 37.5 Å². The van der Waals surface area contributed by atoms with Crippen molar-refractivity contribution in [2.75, 3.05) is 13.2 Å². The van der Waals surface area contributed by atoms with Gasteiger partial charge >= 0.3 is 0 Å². The fraction of sp³-hybridized carbons (Fsp3) is 0.632. The first-order valence-corrected chi connectivity index (χ1v) is 8.76. The lowest BCUT2D eigenvalue weighted by molar-refractivity contribution is -0.230. The number of benzene rings is 1. The van der Waals surface area contributed by atoms with Gasteiger partial charge in [0.05, 0.1) is 6.10 Å². The number of halogens is 2. The number of ether oxygens (including phenoxy) is 1. The van der Waals surface area contributed by atoms with Crippen molar-refractivity contribution in [3.63, 3.8) is 0 Å². The topological polar surface area (TPSA) is 55.6 Å². The van der Waals surface area contributed by atoms with Crippen LogP contribution in [0.3, 0.4) is 0 Å². The Morgan fingerprint density at radius 1 is 1.44 bits per heavy atom. The van der Waals surface area contributed by atoms with Gasteiger partial charge in [0.2, 0.25) is 5.91 Å². The van der Waals surface area contributed by atoms with Crippen molar-refractivity contribution in [2.45, 2.75) is 51.8 Å². The Bertz CT molecular complexity index is 640. The first kappa shape index (κ1) is 20.1. The van der Waals surface area contributed by atoms with Gasteiger partial charge in [0, 0.05) is 31.0 Å². The number of amides is 1. The Kier molecular flexibility index (Phi) is 5.81. The molecule has 2 fully saturated rings. The van der Waals surface area contributed by atoms with Gasteiger partial charge in [-0.1, -0.05) is 26.0 Å². The molecular weight excluding hydrogens is 343 g/mol. The molecule has 6 heteroatoms. The van der Waals surface area contributed by atoms with Crippen LogP contribution in [0, 0.1) is 17.2 Å². The minimum Gasteiger partial charge on any atom is -0.377 e. The molecule has 1 heterocycles. The van der Waals surface area contributed by atoms with Crippen LogP contribution >= 0.6 is 12.4 Å². The molecule has 0 spiro atoms. The van der Waals surface area contributed by atoms with E-state index in [0.29, 0.717) is 13.1 Å². The second-order valence-electron chi connectivity index (χ2n) is 7.58. The molecule has 1 aliphatic heterocycles. The number of hydrogen-bond acceptors (Lipinski definition) is 3. The van der Waals surface area contributed by atoms with Crippen molar-refractivity contribution < 1.29 is 13.9 Å². The van der Waals surface area contributed by atoms with Crippen LogP contribution in [0.25, 0.3) is 0 Å². The van der Waals surface area contributed by atoms with Crippen LogP contribution in [0.2, 0.25) is 0 Å². The average Bonchev–Trinajstić information content (AvgIpc) is 2.58. The third kappa shape index (κ3) is 3.07. The van der Waals surface area contributed by atoms with E-state index in [1.807, 2.05) is 26.8 Å². The lowest BCUT2D eigenvalue weighted by Crippen LogP contribution is -2.82. The molecule has 4 nitrogen and oxygen atoms in total. The smallest absolute Gasteiger partial charge is 0.243 e. The molecule has 1 aliphatic carbocycles. The molecule has 0 bridgehead atoms. The van der Waals surface area contributed by atoms with Gasteiger partial charge in [-0.3, -0.25) is 4.79 Å². The maximum atomic E-state index is 13.4. The molecule has 25 heavy (non-hydrogen) atoms. The van der Waals surface area contributed by atoms with E-state index in [0.717, 1.165) is 25.0 Å². The van der Waals surface area contributed by atoms with E-state index in [-0.39, 0.29) is 36.2 Å². The Morgan fingerprint density at radius 2 is 2.16 bits per heavy atom. The fourth-order valence-corrected chi connectivity index (χ4v) is 4.45. The number of rotatable bonds is 4. The molecular formula is C19H28ClFN2O2. The summed E-state index contributed by atoms with van der Waals surface area (Å²) in [4.78, 5) is 15.0. The van der Waals surface area contributed by atoms with Gasteiger partial charge in [-0.2, -0.15) is 0 Å². The van der Waals surface area contributed by atoms with E-state index in [2.05, 4.69) is 0 Å². The van der Waals surface area contributed by atoms with E-state index >= 15 is 0 Å². The molecule has 140 valence electrons. The van der Waals surface area contributed by atoms with Gasteiger partial charge < -0.3 is 15.4 Å². The van der Waals surface area contributed by atoms with Crippen LogP contribution in [0.15, 0.2) is 24.3 Å². The molecule has 3 unspecified atom stereocenters. The molecule has 1 aromatic carbocycles. The molecule has 0 radical (unpaired) electrons. The van der Waals surface area contributed by atoms with Crippen LogP contribution in [-0.2, 0) is 16.1 Å². The number of hydrogen-bond donors (Lipinski definition) is 1. The standard InChI is InChI=1S/C19H27FN2O2.ClH/c1-4-22(12-13-7-5-8-14(20)11-13)17(23)19(21)15-9-6-10-24-16(15)18(19,2)3;/h5,7-8,11,15-16H,4,6,9-10,12,21H2,1-3H3;1H. The van der Waals surface area contributed by atoms with Crippen LogP contribution in [0.5, 0.6) is 0 Å². The summed E-state index contributed by atoms with van der Waals surface area (Å²) in [5, 5.41) is 0. The SMILES string of the molecule is CCN(Cc1cccc(F)c1)C(=O)C1(N)C2CCCOC2C1(C)C.Cl. The summed E-state index contributed by atoms with van der Waals surface area (Å²) in [5.74, 6) is -0.274. The second-order valence-corrected chi connectivity index (χ2v) is 7.58. The van der Waals surface area contributed by atoms with Crippen molar-refractivity contribution in [2.24, 2.45) is 17.1 Å². The van der Waals surface area contributed by atoms with Crippen molar-refractivity contribution in [1.29, 1.82) is 0 Å². The number of fused-ring (bicyclic) bond motifs is 1. The molecule has 1 aromatic rings. The number of nitrogens with two attached hydrogens (primary N) is 1. The number of nitrogens with zero attached hydrogens (tertiary/aromatic N) is 1. The van der Waals surface area contributed by atoms with Crippen LogP contribution < -0.4 is 5.73 Å². The molecule has 1 saturated carbocycles. The van der Waals surface area contributed by atoms with E-state index in [1.54, 1.807) is 11.0 Å². The van der Waals surface area contributed by atoms with Crippen LogP contribution in [-0.4, -0.2) is 35.6 Å². The first-order valence-electron chi connectivity index (χ1n) is 8.76. The summed E-state index contributed by atoms with van der Waals surface area (Å²) >= 11 is 0. The quantitative estimate of drug-likeness (QED) is 0.885. The summed E-state index contributed by atoms with van der Waals surface area (Å²) in [5.41, 5.74) is 6.16. The van der Waals surface area contributed by atoms with E-state index in [1.165, 1.54) is 12.1 Å². The predicted molar refractivity (Wildman–Crippen MR) is 97.9 cm³/mol. The Morgan fingerprint density at radius 3 is 2.80 bits per heavy atom. The molecule has 0 aromatic heterocycles. The average molecular weight is 371 g/mol. The molecule has 1 amide bonds. The van der Waals surface area contributed by atoms with Gasteiger partial charge in [0.15, 0.2) is 0 Å². The highest BCUT2D eigenvalue weighted by Gasteiger charge is 2.70. The predicted octanol–water partition coefficient (Wildman–Crippen LogP) is 3.13. The summed E-state index contributed by atoms with van der Waals surface area (Å²) < 4.78 is 19.3. The third-order valence-corrected chi connectivity index (χ3v) is 5.97. The van der Waals surface area contributed by atoms with E-state index in [9.17, 15) is 9.18 Å². The Hall–Kier alpha value is -1.17. The monoisotopic (exact) mass is 370 g/mol. The Labute approximate surface area is 155 Å². The minimum absolute atomic E-state index is 0. The normalized spacial score (nSPS) is 29.8. The van der Waals surface area contributed by atoms with Crippen molar-refractivity contribution in [3.05, 3.63) is 35.6 Å². The van der Waals surface area contributed by atoms with Gasteiger partial charge in [0.25, 0.3) is 0 Å². The lowest BCUT2D eigenvalue weighted by atomic mass is 9.46. The minimum atomic E-state index is -0.915.